The van der Waals surface area contributed by atoms with Gasteiger partial charge in [0.25, 0.3) is 0 Å². The Bertz CT molecular complexity index is 594. The third kappa shape index (κ3) is 3.87. The molecule has 0 radical (unpaired) electrons. The quantitative estimate of drug-likeness (QED) is 0.728. The Morgan fingerprint density at radius 3 is 2.62 bits per heavy atom. The summed E-state index contributed by atoms with van der Waals surface area (Å²) in [5, 5.41) is 3.57. The first-order chi connectivity index (χ1) is 10.1. The Kier molecular flexibility index (Phi) is 5.85. The number of hydrogen-bond acceptors (Lipinski definition) is 3. The fourth-order valence-corrected chi connectivity index (χ4v) is 4.25. The molecule has 2 aromatic rings. The molecule has 4 heteroatoms. The van der Waals surface area contributed by atoms with Crippen LogP contribution in [0.3, 0.4) is 0 Å². The number of thiophene rings is 1. The standard InChI is InChI=1S/C17H22BrNOS/c1-5-19-17(11(2)3)16-9-8-15(21-16)13-10-12(20-4)6-7-14(13)18/h6-11,17,19H,5H2,1-4H3. The summed E-state index contributed by atoms with van der Waals surface area (Å²) >= 11 is 5.49. The van der Waals surface area contributed by atoms with Crippen molar-refractivity contribution in [2.75, 3.05) is 13.7 Å². The van der Waals surface area contributed by atoms with Gasteiger partial charge in [-0.3, -0.25) is 0 Å². The smallest absolute Gasteiger partial charge is 0.119 e. The molecule has 0 amide bonds. The maximum atomic E-state index is 5.33. The summed E-state index contributed by atoms with van der Waals surface area (Å²) in [4.78, 5) is 2.65. The largest absolute Gasteiger partial charge is 0.497 e. The van der Waals surface area contributed by atoms with E-state index in [9.17, 15) is 0 Å². The monoisotopic (exact) mass is 367 g/mol. The lowest BCUT2D eigenvalue weighted by atomic mass is 10.0. The Labute approximate surface area is 139 Å². The van der Waals surface area contributed by atoms with Crippen molar-refractivity contribution in [3.05, 3.63) is 39.7 Å². The van der Waals surface area contributed by atoms with Crippen LogP contribution >= 0.6 is 27.3 Å². The Morgan fingerprint density at radius 2 is 2.00 bits per heavy atom. The van der Waals surface area contributed by atoms with Crippen molar-refractivity contribution in [2.24, 2.45) is 5.92 Å². The van der Waals surface area contributed by atoms with E-state index in [0.717, 1.165) is 16.8 Å². The van der Waals surface area contributed by atoms with Crippen molar-refractivity contribution < 1.29 is 4.74 Å². The summed E-state index contributed by atoms with van der Waals surface area (Å²) in [6.45, 7) is 7.66. The van der Waals surface area contributed by atoms with Crippen LogP contribution in [0.5, 0.6) is 5.75 Å². The van der Waals surface area contributed by atoms with Crippen LogP contribution in [0.25, 0.3) is 10.4 Å². The van der Waals surface area contributed by atoms with E-state index in [1.807, 2.05) is 23.5 Å². The molecule has 1 atom stereocenters. The minimum Gasteiger partial charge on any atom is -0.497 e. The Balaban J connectivity index is 2.35. The van der Waals surface area contributed by atoms with Gasteiger partial charge in [-0.1, -0.05) is 36.7 Å². The SMILES string of the molecule is CCNC(c1ccc(-c2cc(OC)ccc2Br)s1)C(C)C. The van der Waals surface area contributed by atoms with Gasteiger partial charge in [0.1, 0.15) is 5.75 Å². The van der Waals surface area contributed by atoms with Crippen molar-refractivity contribution in [3.63, 3.8) is 0 Å². The zero-order valence-electron chi connectivity index (χ0n) is 12.9. The molecule has 2 rings (SSSR count). The van der Waals surface area contributed by atoms with E-state index < -0.39 is 0 Å². The third-order valence-electron chi connectivity index (χ3n) is 3.46. The maximum Gasteiger partial charge on any atom is 0.119 e. The Morgan fingerprint density at radius 1 is 1.24 bits per heavy atom. The second kappa shape index (κ2) is 7.43. The van der Waals surface area contributed by atoms with Gasteiger partial charge >= 0.3 is 0 Å². The highest BCUT2D eigenvalue weighted by Crippen LogP contribution is 2.38. The third-order valence-corrected chi connectivity index (χ3v) is 5.36. The van der Waals surface area contributed by atoms with Crippen LogP contribution in [-0.4, -0.2) is 13.7 Å². The van der Waals surface area contributed by atoms with E-state index in [1.54, 1.807) is 7.11 Å². The van der Waals surface area contributed by atoms with Crippen molar-refractivity contribution in [2.45, 2.75) is 26.8 Å². The van der Waals surface area contributed by atoms with Crippen LogP contribution in [0.15, 0.2) is 34.8 Å². The van der Waals surface area contributed by atoms with E-state index in [2.05, 4.69) is 60.2 Å². The van der Waals surface area contributed by atoms with Crippen LogP contribution < -0.4 is 10.1 Å². The van der Waals surface area contributed by atoms with Crippen LogP contribution in [0, 0.1) is 5.92 Å². The Hall–Kier alpha value is -0.840. The molecule has 0 aliphatic carbocycles. The fraction of sp³-hybridized carbons (Fsp3) is 0.412. The van der Waals surface area contributed by atoms with Crippen molar-refractivity contribution in [1.82, 2.24) is 5.32 Å². The fourth-order valence-electron chi connectivity index (χ4n) is 2.37. The number of halogens is 1. The first-order valence-corrected chi connectivity index (χ1v) is 8.84. The van der Waals surface area contributed by atoms with E-state index >= 15 is 0 Å². The minimum atomic E-state index is 0.415. The molecule has 21 heavy (non-hydrogen) atoms. The molecule has 114 valence electrons. The molecule has 1 aromatic carbocycles. The summed E-state index contributed by atoms with van der Waals surface area (Å²) < 4.78 is 6.43. The molecular weight excluding hydrogens is 346 g/mol. The number of methoxy groups -OCH3 is 1. The average molecular weight is 368 g/mol. The van der Waals surface area contributed by atoms with E-state index in [1.165, 1.54) is 15.3 Å². The molecule has 0 saturated heterocycles. The van der Waals surface area contributed by atoms with Crippen molar-refractivity contribution in [1.29, 1.82) is 0 Å². The van der Waals surface area contributed by atoms with Gasteiger partial charge in [0.15, 0.2) is 0 Å². The molecule has 0 fully saturated rings. The molecule has 1 aromatic heterocycles. The second-order valence-electron chi connectivity index (χ2n) is 5.33. The molecular formula is C17H22BrNOS. The van der Waals surface area contributed by atoms with E-state index in [4.69, 9.17) is 4.74 Å². The lowest BCUT2D eigenvalue weighted by molar-refractivity contribution is 0.415. The molecule has 0 spiro atoms. The number of rotatable bonds is 6. The summed E-state index contributed by atoms with van der Waals surface area (Å²) in [5.41, 5.74) is 1.18. The molecule has 0 aliphatic rings. The van der Waals surface area contributed by atoms with E-state index in [0.29, 0.717) is 12.0 Å². The molecule has 0 saturated carbocycles. The summed E-state index contributed by atoms with van der Waals surface area (Å²) in [5.74, 6) is 1.46. The highest BCUT2D eigenvalue weighted by Gasteiger charge is 2.17. The minimum absolute atomic E-state index is 0.415. The average Bonchev–Trinajstić information content (AvgIpc) is 2.94. The van der Waals surface area contributed by atoms with Crippen molar-refractivity contribution in [3.8, 4) is 16.2 Å². The number of nitrogens with one attached hydrogen (secondary N) is 1. The predicted molar refractivity (Wildman–Crippen MR) is 95.3 cm³/mol. The van der Waals surface area contributed by atoms with Crippen LogP contribution in [0.2, 0.25) is 0 Å². The zero-order chi connectivity index (χ0) is 15.4. The predicted octanol–water partition coefficient (Wildman–Crippen LogP) is 5.49. The highest BCUT2D eigenvalue weighted by atomic mass is 79.9. The van der Waals surface area contributed by atoms with Gasteiger partial charge in [-0.25, -0.2) is 0 Å². The van der Waals surface area contributed by atoms with Crippen LogP contribution in [0.4, 0.5) is 0 Å². The summed E-state index contributed by atoms with van der Waals surface area (Å²) in [6, 6.07) is 10.9. The molecule has 0 aliphatic heterocycles. The lowest BCUT2D eigenvalue weighted by Gasteiger charge is -2.20. The second-order valence-corrected chi connectivity index (χ2v) is 7.30. The first-order valence-electron chi connectivity index (χ1n) is 7.23. The highest BCUT2D eigenvalue weighted by molar-refractivity contribution is 9.10. The molecule has 1 heterocycles. The zero-order valence-corrected chi connectivity index (χ0v) is 15.3. The van der Waals surface area contributed by atoms with Gasteiger partial charge in [-0.05, 0) is 42.8 Å². The number of hydrogen-bond donors (Lipinski definition) is 1. The first kappa shape index (κ1) is 16.5. The molecule has 0 bridgehead atoms. The van der Waals surface area contributed by atoms with Gasteiger partial charge in [0.05, 0.1) is 7.11 Å². The molecule has 2 nitrogen and oxygen atoms in total. The maximum absolute atomic E-state index is 5.33. The van der Waals surface area contributed by atoms with Gasteiger partial charge in [0.2, 0.25) is 0 Å². The van der Waals surface area contributed by atoms with Crippen LogP contribution in [0.1, 0.15) is 31.7 Å². The van der Waals surface area contributed by atoms with Crippen LogP contribution in [-0.2, 0) is 0 Å². The lowest BCUT2D eigenvalue weighted by Crippen LogP contribution is -2.24. The summed E-state index contributed by atoms with van der Waals surface area (Å²) in [6.07, 6.45) is 0. The summed E-state index contributed by atoms with van der Waals surface area (Å²) in [7, 11) is 1.70. The molecule has 1 unspecified atom stereocenters. The normalized spacial score (nSPS) is 12.7. The van der Waals surface area contributed by atoms with Gasteiger partial charge in [-0.15, -0.1) is 11.3 Å². The van der Waals surface area contributed by atoms with E-state index in [-0.39, 0.29) is 0 Å². The van der Waals surface area contributed by atoms with Gasteiger partial charge in [0, 0.05) is 25.8 Å². The topological polar surface area (TPSA) is 21.3 Å². The van der Waals surface area contributed by atoms with Gasteiger partial charge < -0.3 is 10.1 Å². The number of ether oxygens (including phenoxy) is 1. The molecule has 1 N–H and O–H groups in total. The van der Waals surface area contributed by atoms with Gasteiger partial charge in [-0.2, -0.15) is 0 Å². The number of benzene rings is 1. The van der Waals surface area contributed by atoms with Crippen molar-refractivity contribution >= 4 is 27.3 Å².